The molecule has 18 heavy (non-hydrogen) atoms. The maximum absolute atomic E-state index is 12.3. The van der Waals surface area contributed by atoms with E-state index in [1.165, 1.54) is 0 Å². The Labute approximate surface area is 110 Å². The fraction of sp³-hybridized carbons (Fsp3) is 0.538. The highest BCUT2D eigenvalue weighted by Gasteiger charge is 2.24. The molecule has 0 unspecified atom stereocenters. The molecule has 0 bridgehead atoms. The van der Waals surface area contributed by atoms with E-state index in [1.54, 1.807) is 28.6 Å². The van der Waals surface area contributed by atoms with Crippen molar-refractivity contribution in [1.82, 2.24) is 4.31 Å². The van der Waals surface area contributed by atoms with E-state index in [-0.39, 0.29) is 11.8 Å². The van der Waals surface area contributed by atoms with Crippen LogP contribution in [0.15, 0.2) is 24.3 Å². The zero-order chi connectivity index (χ0) is 13.8. The number of hydrogen-bond acceptors (Lipinski definition) is 3. The molecule has 1 aromatic carbocycles. The number of nitrogens with zero attached hydrogens (tertiary/aromatic N) is 1. The molecule has 1 rings (SSSR count). The first-order valence-electron chi connectivity index (χ1n) is 6.20. The predicted octanol–water partition coefficient (Wildman–Crippen LogP) is 2.22. The summed E-state index contributed by atoms with van der Waals surface area (Å²) in [6, 6.07) is 6.97. The minimum atomic E-state index is -3.26. The van der Waals surface area contributed by atoms with Crippen LogP contribution in [0.5, 0.6) is 0 Å². The smallest absolute Gasteiger partial charge is 0.218 e. The van der Waals surface area contributed by atoms with Gasteiger partial charge >= 0.3 is 0 Å². The lowest BCUT2D eigenvalue weighted by molar-refractivity contribution is 0.353. The van der Waals surface area contributed by atoms with E-state index in [0.717, 1.165) is 12.0 Å². The second-order valence-corrected chi connectivity index (χ2v) is 6.62. The minimum Gasteiger partial charge on any atom is -0.399 e. The number of anilines is 1. The lowest BCUT2D eigenvalue weighted by atomic mass is 10.2. The van der Waals surface area contributed by atoms with Crippen molar-refractivity contribution < 1.29 is 8.42 Å². The van der Waals surface area contributed by atoms with Gasteiger partial charge in [-0.05, 0) is 38.0 Å². The van der Waals surface area contributed by atoms with Crippen molar-refractivity contribution in [2.75, 3.05) is 12.3 Å². The average molecular weight is 270 g/mol. The van der Waals surface area contributed by atoms with Crippen LogP contribution in [0, 0.1) is 0 Å². The molecule has 0 saturated carbocycles. The Morgan fingerprint density at radius 3 is 2.22 bits per heavy atom. The zero-order valence-electron chi connectivity index (χ0n) is 11.3. The summed E-state index contributed by atoms with van der Waals surface area (Å²) < 4.78 is 26.2. The number of nitrogens with two attached hydrogens (primary N) is 1. The van der Waals surface area contributed by atoms with Crippen LogP contribution in [0.2, 0.25) is 0 Å². The van der Waals surface area contributed by atoms with Crippen LogP contribution in [0.1, 0.15) is 32.8 Å². The Bertz CT molecular complexity index is 466. The van der Waals surface area contributed by atoms with Gasteiger partial charge in [0.2, 0.25) is 10.0 Å². The molecule has 5 heteroatoms. The molecule has 0 aliphatic heterocycles. The first-order chi connectivity index (χ1) is 8.36. The largest absolute Gasteiger partial charge is 0.399 e. The van der Waals surface area contributed by atoms with Gasteiger partial charge in [-0.1, -0.05) is 19.1 Å². The van der Waals surface area contributed by atoms with E-state index < -0.39 is 10.0 Å². The summed E-state index contributed by atoms with van der Waals surface area (Å²) in [7, 11) is -3.26. The van der Waals surface area contributed by atoms with Crippen molar-refractivity contribution in [3.05, 3.63) is 29.8 Å². The second kappa shape index (κ2) is 6.20. The van der Waals surface area contributed by atoms with Crippen molar-refractivity contribution in [2.45, 2.75) is 39.0 Å². The van der Waals surface area contributed by atoms with Gasteiger partial charge in [-0.3, -0.25) is 0 Å². The van der Waals surface area contributed by atoms with Gasteiger partial charge in [-0.15, -0.1) is 0 Å². The summed E-state index contributed by atoms with van der Waals surface area (Å²) in [5, 5.41) is 0. The highest BCUT2D eigenvalue weighted by Crippen LogP contribution is 2.15. The molecule has 0 saturated heterocycles. The van der Waals surface area contributed by atoms with E-state index in [4.69, 9.17) is 5.73 Å². The van der Waals surface area contributed by atoms with Crippen LogP contribution in [-0.4, -0.2) is 25.3 Å². The molecule has 0 heterocycles. The van der Waals surface area contributed by atoms with Gasteiger partial charge in [0, 0.05) is 18.3 Å². The fourth-order valence-electron chi connectivity index (χ4n) is 1.85. The summed E-state index contributed by atoms with van der Waals surface area (Å²) in [5.74, 6) is 0.0332. The number of rotatable bonds is 6. The van der Waals surface area contributed by atoms with Gasteiger partial charge in [0.25, 0.3) is 0 Å². The highest BCUT2D eigenvalue weighted by atomic mass is 32.2. The van der Waals surface area contributed by atoms with Crippen LogP contribution in [-0.2, 0) is 15.8 Å². The summed E-state index contributed by atoms with van der Waals surface area (Å²) in [6.45, 7) is 6.34. The first-order valence-corrected chi connectivity index (χ1v) is 7.81. The Balaban J connectivity index is 2.88. The molecular formula is C13H22N2O2S. The molecule has 0 aromatic heterocycles. The number of sulfonamides is 1. The summed E-state index contributed by atoms with van der Waals surface area (Å²) in [4.78, 5) is 0. The molecule has 0 aliphatic rings. The van der Waals surface area contributed by atoms with Gasteiger partial charge in [0.1, 0.15) is 0 Å². The van der Waals surface area contributed by atoms with Crippen molar-refractivity contribution >= 4 is 15.7 Å². The quantitative estimate of drug-likeness (QED) is 0.806. The van der Waals surface area contributed by atoms with Crippen LogP contribution in [0.25, 0.3) is 0 Å². The Morgan fingerprint density at radius 1 is 1.22 bits per heavy atom. The van der Waals surface area contributed by atoms with Crippen molar-refractivity contribution in [2.24, 2.45) is 0 Å². The minimum absolute atomic E-state index is 0.0104. The molecule has 102 valence electrons. The van der Waals surface area contributed by atoms with Gasteiger partial charge < -0.3 is 5.73 Å². The first kappa shape index (κ1) is 15.0. The van der Waals surface area contributed by atoms with Crippen LogP contribution < -0.4 is 5.73 Å². The third kappa shape index (κ3) is 3.99. The van der Waals surface area contributed by atoms with Crippen molar-refractivity contribution in [3.8, 4) is 0 Å². The topological polar surface area (TPSA) is 63.4 Å². The Kier molecular flexibility index (Phi) is 5.16. The maximum Gasteiger partial charge on any atom is 0.218 e. The van der Waals surface area contributed by atoms with E-state index in [9.17, 15) is 8.42 Å². The van der Waals surface area contributed by atoms with Gasteiger partial charge in [0.15, 0.2) is 0 Å². The maximum atomic E-state index is 12.3. The molecule has 2 N–H and O–H groups in total. The zero-order valence-corrected chi connectivity index (χ0v) is 12.1. The van der Waals surface area contributed by atoms with Crippen molar-refractivity contribution in [3.63, 3.8) is 0 Å². The SMILES string of the molecule is CCCN(C(C)C)S(=O)(=O)Cc1ccc(N)cc1. The van der Waals surface area contributed by atoms with Crippen LogP contribution in [0.4, 0.5) is 5.69 Å². The predicted molar refractivity (Wildman–Crippen MR) is 75.6 cm³/mol. The summed E-state index contributed by atoms with van der Waals surface area (Å²) >= 11 is 0. The Morgan fingerprint density at radius 2 is 1.78 bits per heavy atom. The molecule has 0 spiro atoms. The summed E-state index contributed by atoms with van der Waals surface area (Å²) in [5.41, 5.74) is 7.00. The number of nitrogen functional groups attached to an aromatic ring is 1. The number of hydrogen-bond donors (Lipinski definition) is 1. The van der Waals surface area contributed by atoms with Gasteiger partial charge in [-0.25, -0.2) is 8.42 Å². The molecule has 0 aliphatic carbocycles. The summed E-state index contributed by atoms with van der Waals surface area (Å²) in [6.07, 6.45) is 0.819. The van der Waals surface area contributed by atoms with E-state index >= 15 is 0 Å². The standard InChI is InChI=1S/C13H22N2O2S/c1-4-9-15(11(2)3)18(16,17)10-12-5-7-13(14)8-6-12/h5-8,11H,4,9-10,14H2,1-3H3. The van der Waals surface area contributed by atoms with E-state index in [0.29, 0.717) is 12.2 Å². The lowest BCUT2D eigenvalue weighted by Gasteiger charge is -2.25. The molecular weight excluding hydrogens is 248 g/mol. The molecule has 0 amide bonds. The van der Waals surface area contributed by atoms with Gasteiger partial charge in [0.05, 0.1) is 5.75 Å². The monoisotopic (exact) mass is 270 g/mol. The van der Waals surface area contributed by atoms with E-state index in [1.807, 2.05) is 20.8 Å². The van der Waals surface area contributed by atoms with Crippen LogP contribution >= 0.6 is 0 Å². The second-order valence-electron chi connectivity index (χ2n) is 4.70. The van der Waals surface area contributed by atoms with Crippen LogP contribution in [0.3, 0.4) is 0 Å². The molecule has 0 fully saturated rings. The number of benzene rings is 1. The lowest BCUT2D eigenvalue weighted by Crippen LogP contribution is -2.38. The molecule has 0 radical (unpaired) electrons. The van der Waals surface area contributed by atoms with Crippen molar-refractivity contribution in [1.29, 1.82) is 0 Å². The average Bonchev–Trinajstić information content (AvgIpc) is 2.28. The molecule has 4 nitrogen and oxygen atoms in total. The van der Waals surface area contributed by atoms with E-state index in [2.05, 4.69) is 0 Å². The third-order valence-corrected chi connectivity index (χ3v) is 4.72. The van der Waals surface area contributed by atoms with Gasteiger partial charge in [-0.2, -0.15) is 4.31 Å². The Hall–Kier alpha value is -1.07. The molecule has 0 atom stereocenters. The fourth-order valence-corrected chi connectivity index (χ4v) is 3.73. The normalized spacial score (nSPS) is 12.3. The third-order valence-electron chi connectivity index (χ3n) is 2.71. The highest BCUT2D eigenvalue weighted by molar-refractivity contribution is 7.88. The molecule has 1 aromatic rings.